The molecule has 1 rings (SSSR count). The van der Waals surface area contributed by atoms with E-state index in [1.807, 2.05) is 0 Å². The lowest BCUT2D eigenvalue weighted by Crippen LogP contribution is -2.31. The number of carbonyl (C=O) groups excluding carboxylic acids is 1. The fourth-order valence-electron chi connectivity index (χ4n) is 3.78. The Kier molecular flexibility index (Phi) is 10.9. The Morgan fingerprint density at radius 2 is 1.35 bits per heavy atom. The van der Waals surface area contributed by atoms with Crippen LogP contribution in [0, 0.1) is 23.7 Å². The van der Waals surface area contributed by atoms with Crippen molar-refractivity contribution < 1.29 is 19.4 Å². The molecule has 4 heteroatoms. The molecule has 1 saturated carbocycles. The summed E-state index contributed by atoms with van der Waals surface area (Å²) in [6.45, 7) is 8.77. The lowest BCUT2D eigenvalue weighted by Gasteiger charge is -2.28. The topological polar surface area (TPSA) is 63.6 Å². The molecule has 1 unspecified atom stereocenters. The quantitative estimate of drug-likeness (QED) is 0.347. The van der Waals surface area contributed by atoms with Crippen molar-refractivity contribution in [2.45, 2.75) is 104 Å². The molecule has 1 fully saturated rings. The second-order valence-corrected chi connectivity index (χ2v) is 8.85. The molecule has 0 radical (unpaired) electrons. The van der Waals surface area contributed by atoms with Crippen molar-refractivity contribution in [3.05, 3.63) is 0 Å². The summed E-state index contributed by atoms with van der Waals surface area (Å²) in [5.74, 6) is -0.103. The first kappa shape index (κ1) is 23.0. The summed E-state index contributed by atoms with van der Waals surface area (Å²) in [5.41, 5.74) is 0. The summed E-state index contributed by atoms with van der Waals surface area (Å²) in [7, 11) is 0. The van der Waals surface area contributed by atoms with Crippen LogP contribution in [0.2, 0.25) is 0 Å². The van der Waals surface area contributed by atoms with Gasteiger partial charge in [0.25, 0.3) is 0 Å². The average Bonchev–Trinajstić information content (AvgIpc) is 2.59. The van der Waals surface area contributed by atoms with Gasteiger partial charge >= 0.3 is 11.9 Å². The van der Waals surface area contributed by atoms with E-state index in [-0.39, 0.29) is 23.9 Å². The molecule has 26 heavy (non-hydrogen) atoms. The van der Waals surface area contributed by atoms with Crippen molar-refractivity contribution >= 4 is 11.9 Å². The Morgan fingerprint density at radius 1 is 0.846 bits per heavy atom. The van der Waals surface area contributed by atoms with Crippen LogP contribution in [0.3, 0.4) is 0 Å². The number of esters is 1. The average molecular weight is 369 g/mol. The van der Waals surface area contributed by atoms with Crippen LogP contribution >= 0.6 is 0 Å². The number of hydrogen-bond acceptors (Lipinski definition) is 3. The van der Waals surface area contributed by atoms with Gasteiger partial charge in [0.1, 0.15) is 6.10 Å². The predicted octanol–water partition coefficient (Wildman–Crippen LogP) is 5.83. The zero-order valence-electron chi connectivity index (χ0n) is 17.3. The van der Waals surface area contributed by atoms with Crippen LogP contribution in [0.15, 0.2) is 0 Å². The third-order valence-corrected chi connectivity index (χ3v) is 5.69. The third kappa shape index (κ3) is 9.05. The molecular formula is C22H40O4. The van der Waals surface area contributed by atoms with Crippen LogP contribution in [-0.2, 0) is 14.3 Å². The van der Waals surface area contributed by atoms with Crippen molar-refractivity contribution in [3.63, 3.8) is 0 Å². The van der Waals surface area contributed by atoms with Crippen molar-refractivity contribution in [1.29, 1.82) is 0 Å². The molecule has 0 saturated heterocycles. The molecule has 152 valence electrons. The Hall–Kier alpha value is -1.06. The van der Waals surface area contributed by atoms with E-state index >= 15 is 0 Å². The normalized spacial score (nSPS) is 21.8. The van der Waals surface area contributed by atoms with Gasteiger partial charge in [0, 0.05) is 0 Å². The zero-order chi connectivity index (χ0) is 19.5. The van der Waals surface area contributed by atoms with Gasteiger partial charge in [0.15, 0.2) is 0 Å². The van der Waals surface area contributed by atoms with Gasteiger partial charge in [-0.1, -0.05) is 59.8 Å². The largest absolute Gasteiger partial charge is 0.481 e. The van der Waals surface area contributed by atoms with Crippen molar-refractivity contribution in [1.82, 2.24) is 0 Å². The molecule has 1 aliphatic carbocycles. The fraction of sp³-hybridized carbons (Fsp3) is 0.909. The minimum absolute atomic E-state index is 0.00430. The van der Waals surface area contributed by atoms with E-state index in [4.69, 9.17) is 9.84 Å². The molecule has 0 spiro atoms. The minimum Gasteiger partial charge on any atom is -0.481 e. The first-order valence-corrected chi connectivity index (χ1v) is 10.7. The summed E-state index contributed by atoms with van der Waals surface area (Å²) in [6, 6.07) is 0. The molecule has 4 nitrogen and oxygen atoms in total. The van der Waals surface area contributed by atoms with Crippen LogP contribution in [0.25, 0.3) is 0 Å². The molecule has 0 aromatic heterocycles. The number of carbonyl (C=O) groups is 2. The number of carboxylic acids is 1. The first-order chi connectivity index (χ1) is 12.3. The van der Waals surface area contributed by atoms with Crippen LogP contribution in [0.5, 0.6) is 0 Å². The number of aliphatic carboxylic acids is 1. The molecule has 1 aliphatic rings. The van der Waals surface area contributed by atoms with Crippen molar-refractivity contribution in [2.75, 3.05) is 0 Å². The van der Waals surface area contributed by atoms with Gasteiger partial charge < -0.3 is 9.84 Å². The molecule has 0 amide bonds. The molecule has 0 aromatic carbocycles. The number of rotatable bonds is 12. The van der Waals surface area contributed by atoms with E-state index in [0.29, 0.717) is 31.6 Å². The lowest BCUT2D eigenvalue weighted by atomic mass is 9.82. The maximum absolute atomic E-state index is 12.5. The van der Waals surface area contributed by atoms with Crippen LogP contribution in [0.4, 0.5) is 0 Å². The van der Waals surface area contributed by atoms with Gasteiger partial charge in [-0.25, -0.2) is 0 Å². The fourth-order valence-corrected chi connectivity index (χ4v) is 3.78. The predicted molar refractivity (Wildman–Crippen MR) is 105 cm³/mol. The second kappa shape index (κ2) is 12.3. The van der Waals surface area contributed by atoms with Crippen molar-refractivity contribution in [2.24, 2.45) is 23.7 Å². The number of hydrogen-bond donors (Lipinski definition) is 1. The summed E-state index contributed by atoms with van der Waals surface area (Å²) in [5, 5.41) is 9.07. The first-order valence-electron chi connectivity index (χ1n) is 10.7. The maximum atomic E-state index is 12.5. The summed E-state index contributed by atoms with van der Waals surface area (Å²) < 4.78 is 5.82. The van der Waals surface area contributed by atoms with Crippen LogP contribution < -0.4 is 0 Å². The van der Waals surface area contributed by atoms with E-state index in [0.717, 1.165) is 18.8 Å². The Labute approximate surface area is 160 Å². The van der Waals surface area contributed by atoms with Gasteiger partial charge in [-0.15, -0.1) is 0 Å². The molecule has 0 heterocycles. The number of carboxylic acid groups (broad SMARTS) is 1. The highest BCUT2D eigenvalue weighted by Crippen LogP contribution is 2.30. The number of ether oxygens (including phenoxy) is 1. The van der Waals surface area contributed by atoms with Crippen LogP contribution in [-0.4, -0.2) is 23.1 Å². The highest BCUT2D eigenvalue weighted by atomic mass is 16.5. The summed E-state index contributed by atoms with van der Waals surface area (Å²) >= 11 is 0. The van der Waals surface area contributed by atoms with E-state index in [1.165, 1.54) is 32.1 Å². The minimum atomic E-state index is -0.731. The Balaban J connectivity index is 2.25. The maximum Gasteiger partial charge on any atom is 0.309 e. The van der Waals surface area contributed by atoms with Gasteiger partial charge in [-0.3, -0.25) is 9.59 Å². The van der Waals surface area contributed by atoms with Crippen molar-refractivity contribution in [3.8, 4) is 0 Å². The monoisotopic (exact) mass is 368 g/mol. The van der Waals surface area contributed by atoms with E-state index in [2.05, 4.69) is 27.7 Å². The highest BCUT2D eigenvalue weighted by Gasteiger charge is 2.32. The zero-order valence-corrected chi connectivity index (χ0v) is 17.3. The molecule has 0 aromatic rings. The third-order valence-electron chi connectivity index (χ3n) is 5.69. The highest BCUT2D eigenvalue weighted by molar-refractivity contribution is 5.74. The van der Waals surface area contributed by atoms with Gasteiger partial charge in [-0.05, 0) is 50.4 Å². The Bertz CT molecular complexity index is 408. The SMILES string of the molecule is CC(C)CCCCCCCC(OC(=O)C1CCC(C(=O)O)CC1)C(C)C. The summed E-state index contributed by atoms with van der Waals surface area (Å²) in [4.78, 5) is 23.5. The van der Waals surface area contributed by atoms with E-state index in [1.54, 1.807) is 0 Å². The molecular weight excluding hydrogens is 328 g/mol. The smallest absolute Gasteiger partial charge is 0.309 e. The molecule has 1 atom stereocenters. The molecule has 0 aliphatic heterocycles. The number of unbranched alkanes of at least 4 members (excludes halogenated alkanes) is 4. The second-order valence-electron chi connectivity index (χ2n) is 8.85. The van der Waals surface area contributed by atoms with Gasteiger partial charge in [-0.2, -0.15) is 0 Å². The lowest BCUT2D eigenvalue weighted by molar-refractivity contribution is -0.159. The van der Waals surface area contributed by atoms with Gasteiger partial charge in [0.2, 0.25) is 0 Å². The van der Waals surface area contributed by atoms with Gasteiger partial charge in [0.05, 0.1) is 11.8 Å². The van der Waals surface area contributed by atoms with E-state index < -0.39 is 5.97 Å². The van der Waals surface area contributed by atoms with E-state index in [9.17, 15) is 9.59 Å². The molecule has 1 N–H and O–H groups in total. The molecule has 0 bridgehead atoms. The standard InChI is InChI=1S/C22H40O4/c1-16(2)10-8-6-5-7-9-11-20(17(3)4)26-22(25)19-14-12-18(13-15-19)21(23)24/h16-20H,5-15H2,1-4H3,(H,23,24). The Morgan fingerprint density at radius 3 is 1.85 bits per heavy atom. The van der Waals surface area contributed by atoms with Crippen LogP contribution in [0.1, 0.15) is 98.3 Å². The summed E-state index contributed by atoms with van der Waals surface area (Å²) in [6.07, 6.45) is 11.0.